The summed E-state index contributed by atoms with van der Waals surface area (Å²) in [6.45, 7) is 6.77. The van der Waals surface area contributed by atoms with Gasteiger partial charge in [-0.15, -0.1) is 0 Å². The Hall–Kier alpha value is -0.710. The number of likely N-dealkylation sites (N-methyl/N-ethyl adjacent to an activating group) is 1. The van der Waals surface area contributed by atoms with E-state index >= 15 is 0 Å². The molecule has 4 nitrogen and oxygen atoms in total. The van der Waals surface area contributed by atoms with Crippen LogP contribution in [0.2, 0.25) is 10.0 Å². The van der Waals surface area contributed by atoms with Crippen molar-refractivity contribution in [2.45, 2.75) is 32.8 Å². The Morgan fingerprint density at radius 2 is 2.00 bits per heavy atom. The summed E-state index contributed by atoms with van der Waals surface area (Å²) in [6.07, 6.45) is 0.982. The van der Waals surface area contributed by atoms with E-state index in [1.165, 1.54) is 0 Å². The first kappa shape index (κ1) is 16.3. The molecule has 1 aromatic rings. The Kier molecular flexibility index (Phi) is 5.71. The van der Waals surface area contributed by atoms with Gasteiger partial charge in [-0.3, -0.25) is 0 Å². The number of pyridine rings is 1. The van der Waals surface area contributed by atoms with Gasteiger partial charge in [-0.2, -0.15) is 0 Å². The number of hydrogen-bond donors (Lipinski definition) is 2. The highest BCUT2D eigenvalue weighted by Crippen LogP contribution is 2.31. The zero-order valence-electron chi connectivity index (χ0n) is 11.8. The monoisotopic (exact) mass is 305 g/mol. The molecule has 0 aliphatic heterocycles. The summed E-state index contributed by atoms with van der Waals surface area (Å²) >= 11 is 12.3. The van der Waals surface area contributed by atoms with E-state index in [-0.39, 0.29) is 0 Å². The van der Waals surface area contributed by atoms with Crippen LogP contribution < -0.4 is 10.2 Å². The van der Waals surface area contributed by atoms with Gasteiger partial charge in [-0.05, 0) is 26.3 Å². The van der Waals surface area contributed by atoms with Crippen LogP contribution in [0.4, 0.5) is 11.6 Å². The van der Waals surface area contributed by atoms with Gasteiger partial charge >= 0.3 is 0 Å². The number of nitrogens with zero attached hydrogens (tertiary/aromatic N) is 2. The molecule has 0 saturated carbocycles. The zero-order valence-corrected chi connectivity index (χ0v) is 13.3. The van der Waals surface area contributed by atoms with E-state index in [2.05, 4.69) is 17.2 Å². The van der Waals surface area contributed by atoms with E-state index < -0.39 is 5.60 Å². The predicted molar refractivity (Wildman–Crippen MR) is 82.6 cm³/mol. The first-order valence-electron chi connectivity index (χ1n) is 6.28. The van der Waals surface area contributed by atoms with Crippen molar-refractivity contribution in [1.29, 1.82) is 0 Å². The summed E-state index contributed by atoms with van der Waals surface area (Å²) in [6, 6.07) is 1.67. The van der Waals surface area contributed by atoms with Gasteiger partial charge in [0.1, 0.15) is 11.6 Å². The highest BCUT2D eigenvalue weighted by Gasteiger charge is 2.19. The maximum Gasteiger partial charge on any atom is 0.149 e. The van der Waals surface area contributed by atoms with Crippen LogP contribution in [0, 0.1) is 0 Å². The lowest BCUT2D eigenvalue weighted by atomic mass is 10.1. The minimum atomic E-state index is -0.823. The number of anilines is 2. The Morgan fingerprint density at radius 1 is 1.37 bits per heavy atom. The maximum atomic E-state index is 9.85. The fourth-order valence-electron chi connectivity index (χ4n) is 1.75. The molecule has 1 aromatic heterocycles. The number of rotatable bonds is 6. The van der Waals surface area contributed by atoms with E-state index in [0.717, 1.165) is 13.0 Å². The Bertz CT molecular complexity index is 433. The Balaban J connectivity index is 2.99. The summed E-state index contributed by atoms with van der Waals surface area (Å²) in [5, 5.41) is 14.0. The van der Waals surface area contributed by atoms with Crippen molar-refractivity contribution in [3.05, 3.63) is 16.1 Å². The van der Waals surface area contributed by atoms with Crippen LogP contribution in [-0.4, -0.2) is 35.8 Å². The smallest absolute Gasteiger partial charge is 0.149 e. The zero-order chi connectivity index (χ0) is 14.6. The minimum absolute atomic E-state index is 0.425. The fourth-order valence-corrected chi connectivity index (χ4v) is 2.32. The van der Waals surface area contributed by atoms with Crippen molar-refractivity contribution >= 4 is 34.8 Å². The molecular formula is C13H21Cl2N3O. The lowest BCUT2D eigenvalue weighted by molar-refractivity contribution is 0.0885. The molecular weight excluding hydrogens is 285 g/mol. The molecule has 0 fully saturated rings. The molecule has 0 saturated heterocycles. The fraction of sp³-hybridized carbons (Fsp3) is 0.615. The summed E-state index contributed by atoms with van der Waals surface area (Å²) < 4.78 is 0. The molecule has 0 aliphatic rings. The molecule has 0 atom stereocenters. The normalized spacial score (nSPS) is 11.5. The van der Waals surface area contributed by atoms with Gasteiger partial charge in [0, 0.05) is 20.1 Å². The molecule has 0 bridgehead atoms. The van der Waals surface area contributed by atoms with Gasteiger partial charge in [-0.1, -0.05) is 30.1 Å². The predicted octanol–water partition coefficient (Wildman–Crippen LogP) is 3.42. The van der Waals surface area contributed by atoms with Gasteiger partial charge in [0.05, 0.1) is 15.6 Å². The third-order valence-corrected chi connectivity index (χ3v) is 3.01. The van der Waals surface area contributed by atoms with Crippen molar-refractivity contribution in [1.82, 2.24) is 4.98 Å². The Morgan fingerprint density at radius 3 is 2.53 bits per heavy atom. The molecule has 0 radical (unpaired) electrons. The molecule has 0 amide bonds. The molecule has 6 heteroatoms. The number of hydrogen-bond acceptors (Lipinski definition) is 4. The highest BCUT2D eigenvalue weighted by molar-refractivity contribution is 6.37. The molecule has 0 aliphatic carbocycles. The summed E-state index contributed by atoms with van der Waals surface area (Å²) in [5.74, 6) is 1.22. The van der Waals surface area contributed by atoms with Crippen LogP contribution in [0.15, 0.2) is 6.07 Å². The van der Waals surface area contributed by atoms with Crippen LogP contribution >= 0.6 is 23.2 Å². The second kappa shape index (κ2) is 6.64. The molecule has 0 spiro atoms. The van der Waals surface area contributed by atoms with E-state index in [4.69, 9.17) is 23.2 Å². The van der Waals surface area contributed by atoms with Crippen LogP contribution in [0.5, 0.6) is 0 Å². The van der Waals surface area contributed by atoms with Gasteiger partial charge in [0.15, 0.2) is 0 Å². The van der Waals surface area contributed by atoms with Gasteiger partial charge < -0.3 is 15.3 Å². The third kappa shape index (κ3) is 5.05. The van der Waals surface area contributed by atoms with Gasteiger partial charge in [0.2, 0.25) is 0 Å². The third-order valence-electron chi connectivity index (χ3n) is 2.44. The lowest BCUT2D eigenvalue weighted by Crippen LogP contribution is -2.36. The molecule has 0 unspecified atom stereocenters. The largest absolute Gasteiger partial charge is 0.389 e. The van der Waals surface area contributed by atoms with Gasteiger partial charge in [-0.25, -0.2) is 4.98 Å². The first-order chi connectivity index (χ1) is 8.74. The molecule has 1 rings (SSSR count). The van der Waals surface area contributed by atoms with Crippen molar-refractivity contribution in [2.75, 3.05) is 30.4 Å². The van der Waals surface area contributed by atoms with E-state index in [9.17, 15) is 5.11 Å². The standard InChI is InChI=1S/C13H21Cl2N3O/c1-5-6-16-11-9(14)7-10(15)12(17-11)18(4)8-13(2,3)19/h7,19H,5-6,8H2,1-4H3,(H,16,17). The molecule has 1 heterocycles. The number of aromatic nitrogens is 1. The number of nitrogens with one attached hydrogen (secondary N) is 1. The summed E-state index contributed by atoms with van der Waals surface area (Å²) in [5.41, 5.74) is -0.823. The average molecular weight is 306 g/mol. The second-order valence-corrected chi connectivity index (χ2v) is 6.03. The van der Waals surface area contributed by atoms with Crippen LogP contribution in [-0.2, 0) is 0 Å². The van der Waals surface area contributed by atoms with Crippen molar-refractivity contribution < 1.29 is 5.11 Å². The van der Waals surface area contributed by atoms with Crippen LogP contribution in [0.1, 0.15) is 27.2 Å². The topological polar surface area (TPSA) is 48.4 Å². The maximum absolute atomic E-state index is 9.85. The highest BCUT2D eigenvalue weighted by atomic mass is 35.5. The van der Waals surface area contributed by atoms with Crippen molar-refractivity contribution in [3.63, 3.8) is 0 Å². The van der Waals surface area contributed by atoms with E-state index in [1.807, 2.05) is 11.9 Å². The number of halogens is 2. The second-order valence-electron chi connectivity index (χ2n) is 5.22. The molecule has 2 N–H and O–H groups in total. The Labute approximate surface area is 124 Å². The average Bonchev–Trinajstić information content (AvgIpc) is 2.25. The van der Waals surface area contributed by atoms with Gasteiger partial charge in [0.25, 0.3) is 0 Å². The van der Waals surface area contributed by atoms with Crippen LogP contribution in [0.3, 0.4) is 0 Å². The van der Waals surface area contributed by atoms with Crippen molar-refractivity contribution in [2.24, 2.45) is 0 Å². The summed E-state index contributed by atoms with van der Waals surface area (Å²) in [4.78, 5) is 6.25. The molecule has 0 aromatic carbocycles. The van der Waals surface area contributed by atoms with Crippen LogP contribution in [0.25, 0.3) is 0 Å². The van der Waals surface area contributed by atoms with E-state index in [0.29, 0.717) is 28.2 Å². The quantitative estimate of drug-likeness (QED) is 0.845. The minimum Gasteiger partial charge on any atom is -0.389 e. The number of aliphatic hydroxyl groups is 1. The first-order valence-corrected chi connectivity index (χ1v) is 7.03. The SMILES string of the molecule is CCCNc1nc(N(C)CC(C)(C)O)c(Cl)cc1Cl. The van der Waals surface area contributed by atoms with E-state index in [1.54, 1.807) is 19.9 Å². The lowest BCUT2D eigenvalue weighted by Gasteiger charge is -2.27. The molecule has 19 heavy (non-hydrogen) atoms. The van der Waals surface area contributed by atoms with Crippen molar-refractivity contribution in [3.8, 4) is 0 Å². The molecule has 108 valence electrons. The summed E-state index contributed by atoms with van der Waals surface area (Å²) in [7, 11) is 1.84.